The maximum Gasteiger partial charge on any atom is 0.305 e. The highest BCUT2D eigenvalue weighted by Crippen LogP contribution is 2.27. The van der Waals surface area contributed by atoms with E-state index in [2.05, 4.69) is 5.32 Å². The minimum Gasteiger partial charge on any atom is -0.481 e. The van der Waals surface area contributed by atoms with Crippen LogP contribution in [0.4, 0.5) is 0 Å². The van der Waals surface area contributed by atoms with Gasteiger partial charge in [0.25, 0.3) is 0 Å². The van der Waals surface area contributed by atoms with Crippen molar-refractivity contribution in [1.29, 1.82) is 0 Å². The fraction of sp³-hybridized carbons (Fsp3) is 0.818. The highest BCUT2D eigenvalue weighted by atomic mass is 16.4. The predicted molar refractivity (Wildman–Crippen MR) is 58.0 cm³/mol. The van der Waals surface area contributed by atoms with Crippen molar-refractivity contribution in [3.05, 3.63) is 0 Å². The van der Waals surface area contributed by atoms with Crippen LogP contribution in [0.15, 0.2) is 0 Å². The summed E-state index contributed by atoms with van der Waals surface area (Å²) in [5.74, 6) is -0.788. The van der Waals surface area contributed by atoms with Gasteiger partial charge in [0, 0.05) is 18.6 Å². The average Bonchev–Trinajstić information content (AvgIpc) is 3.08. The first kappa shape index (κ1) is 11.4. The monoisotopic (exact) mass is 226 g/mol. The second kappa shape index (κ2) is 4.82. The number of carboxylic acid groups (broad SMARTS) is 1. The van der Waals surface area contributed by atoms with Gasteiger partial charge in [-0.25, -0.2) is 0 Å². The van der Waals surface area contributed by atoms with Gasteiger partial charge in [-0.3, -0.25) is 9.59 Å². The quantitative estimate of drug-likeness (QED) is 0.651. The molecular weight excluding hydrogens is 208 g/mol. The number of carboxylic acids is 1. The highest BCUT2D eigenvalue weighted by molar-refractivity contribution is 5.79. The number of hydrogen-bond acceptors (Lipinski definition) is 3. The van der Waals surface area contributed by atoms with Crippen LogP contribution < -0.4 is 5.32 Å². The molecule has 0 aromatic carbocycles. The number of aliphatic carboxylic acids is 1. The Labute approximate surface area is 94.8 Å². The zero-order valence-electron chi connectivity index (χ0n) is 9.32. The van der Waals surface area contributed by atoms with Gasteiger partial charge < -0.3 is 15.3 Å². The minimum absolute atomic E-state index is 0.0473. The first-order valence-electron chi connectivity index (χ1n) is 5.91. The van der Waals surface area contributed by atoms with Crippen LogP contribution in [0, 0.1) is 0 Å². The molecule has 2 N–H and O–H groups in total. The topological polar surface area (TPSA) is 69.6 Å². The summed E-state index contributed by atoms with van der Waals surface area (Å²) in [7, 11) is 0. The minimum atomic E-state index is -0.839. The molecule has 0 aromatic rings. The second-order valence-corrected chi connectivity index (χ2v) is 4.62. The molecular formula is C11H18N2O3. The van der Waals surface area contributed by atoms with Gasteiger partial charge in [-0.15, -0.1) is 0 Å². The standard InChI is InChI=1S/C11H18N2O3/c14-10(7-12-8-1-2-8)13(9-3-4-9)6-5-11(15)16/h8-9,12H,1-7H2,(H,15,16). The Hall–Kier alpha value is -1.10. The molecule has 0 aromatic heterocycles. The van der Waals surface area contributed by atoms with Gasteiger partial charge >= 0.3 is 5.97 Å². The molecule has 0 atom stereocenters. The third kappa shape index (κ3) is 3.48. The van der Waals surface area contributed by atoms with E-state index >= 15 is 0 Å². The predicted octanol–water partition coefficient (Wildman–Crippen LogP) is 0.204. The van der Waals surface area contributed by atoms with Crippen molar-refractivity contribution in [3.8, 4) is 0 Å². The molecule has 2 saturated carbocycles. The van der Waals surface area contributed by atoms with Crippen molar-refractivity contribution in [1.82, 2.24) is 10.2 Å². The summed E-state index contributed by atoms with van der Waals surface area (Å²) in [5, 5.41) is 11.8. The van der Waals surface area contributed by atoms with Gasteiger partial charge in [0.2, 0.25) is 5.91 Å². The fourth-order valence-electron chi connectivity index (χ4n) is 1.73. The van der Waals surface area contributed by atoms with E-state index in [1.165, 1.54) is 0 Å². The number of carbonyl (C=O) groups excluding carboxylic acids is 1. The molecule has 16 heavy (non-hydrogen) atoms. The van der Waals surface area contributed by atoms with E-state index in [0.29, 0.717) is 25.2 Å². The van der Waals surface area contributed by atoms with Crippen LogP contribution >= 0.6 is 0 Å². The molecule has 2 fully saturated rings. The number of carbonyl (C=O) groups is 2. The van der Waals surface area contributed by atoms with Crippen LogP contribution in [0.25, 0.3) is 0 Å². The molecule has 0 bridgehead atoms. The highest BCUT2D eigenvalue weighted by Gasteiger charge is 2.33. The molecule has 2 aliphatic rings. The lowest BCUT2D eigenvalue weighted by Crippen LogP contribution is -2.41. The second-order valence-electron chi connectivity index (χ2n) is 4.62. The van der Waals surface area contributed by atoms with Crippen molar-refractivity contribution in [2.45, 2.75) is 44.2 Å². The van der Waals surface area contributed by atoms with E-state index < -0.39 is 5.97 Å². The molecule has 5 nitrogen and oxygen atoms in total. The summed E-state index contributed by atoms with van der Waals surface area (Å²) >= 11 is 0. The Morgan fingerprint density at radius 2 is 1.94 bits per heavy atom. The zero-order chi connectivity index (χ0) is 11.5. The Bertz CT molecular complexity index is 285. The molecule has 2 aliphatic carbocycles. The van der Waals surface area contributed by atoms with Gasteiger partial charge in [0.05, 0.1) is 13.0 Å². The average molecular weight is 226 g/mol. The Kier molecular flexibility index (Phi) is 3.43. The molecule has 5 heteroatoms. The molecule has 2 rings (SSSR count). The lowest BCUT2D eigenvalue weighted by Gasteiger charge is -2.21. The molecule has 1 amide bonds. The number of rotatable bonds is 7. The Morgan fingerprint density at radius 1 is 1.25 bits per heavy atom. The SMILES string of the molecule is O=C(O)CCN(C(=O)CNC1CC1)C1CC1. The number of amides is 1. The summed E-state index contributed by atoms with van der Waals surface area (Å²) in [6, 6.07) is 0.817. The molecule has 0 spiro atoms. The van der Waals surface area contributed by atoms with E-state index in [1.54, 1.807) is 4.90 Å². The van der Waals surface area contributed by atoms with Crippen LogP contribution in [0.3, 0.4) is 0 Å². The summed E-state index contributed by atoms with van der Waals surface area (Å²) < 4.78 is 0. The molecule has 90 valence electrons. The van der Waals surface area contributed by atoms with E-state index in [1.807, 2.05) is 0 Å². The number of nitrogens with zero attached hydrogens (tertiary/aromatic N) is 1. The van der Waals surface area contributed by atoms with Crippen LogP contribution in [0.5, 0.6) is 0 Å². The van der Waals surface area contributed by atoms with Crippen LogP contribution in [0.1, 0.15) is 32.1 Å². The van der Waals surface area contributed by atoms with Gasteiger partial charge in [-0.05, 0) is 25.7 Å². The van der Waals surface area contributed by atoms with Crippen molar-refractivity contribution >= 4 is 11.9 Å². The van der Waals surface area contributed by atoms with E-state index in [9.17, 15) is 9.59 Å². The third-order valence-corrected chi connectivity index (χ3v) is 2.99. The summed E-state index contributed by atoms with van der Waals surface area (Å²) in [6.07, 6.45) is 4.41. The van der Waals surface area contributed by atoms with Gasteiger partial charge in [-0.2, -0.15) is 0 Å². The number of nitrogens with one attached hydrogen (secondary N) is 1. The normalized spacial score (nSPS) is 19.5. The van der Waals surface area contributed by atoms with Crippen molar-refractivity contribution < 1.29 is 14.7 Å². The lowest BCUT2D eigenvalue weighted by atomic mass is 10.3. The van der Waals surface area contributed by atoms with E-state index in [0.717, 1.165) is 25.7 Å². The van der Waals surface area contributed by atoms with Crippen LogP contribution in [-0.2, 0) is 9.59 Å². The van der Waals surface area contributed by atoms with E-state index in [-0.39, 0.29) is 12.3 Å². The van der Waals surface area contributed by atoms with Crippen LogP contribution in [0.2, 0.25) is 0 Å². The van der Waals surface area contributed by atoms with Crippen molar-refractivity contribution in [2.75, 3.05) is 13.1 Å². The molecule has 0 radical (unpaired) electrons. The molecule has 0 aliphatic heterocycles. The van der Waals surface area contributed by atoms with Crippen molar-refractivity contribution in [2.24, 2.45) is 0 Å². The Morgan fingerprint density at radius 3 is 2.44 bits per heavy atom. The summed E-state index contributed by atoms with van der Waals surface area (Å²) in [5.41, 5.74) is 0. The van der Waals surface area contributed by atoms with Gasteiger partial charge in [-0.1, -0.05) is 0 Å². The van der Waals surface area contributed by atoms with Gasteiger partial charge in [0.15, 0.2) is 0 Å². The smallest absolute Gasteiger partial charge is 0.305 e. The maximum atomic E-state index is 11.8. The first-order chi connectivity index (χ1) is 7.66. The summed E-state index contributed by atoms with van der Waals surface area (Å²) in [4.78, 5) is 24.1. The van der Waals surface area contributed by atoms with Gasteiger partial charge in [0.1, 0.15) is 0 Å². The summed E-state index contributed by atoms with van der Waals surface area (Å²) in [6.45, 7) is 0.714. The lowest BCUT2D eigenvalue weighted by molar-refractivity contribution is -0.138. The largest absolute Gasteiger partial charge is 0.481 e. The molecule has 0 heterocycles. The molecule has 0 unspecified atom stereocenters. The molecule has 0 saturated heterocycles. The third-order valence-electron chi connectivity index (χ3n) is 2.99. The number of hydrogen-bond donors (Lipinski definition) is 2. The fourth-order valence-corrected chi connectivity index (χ4v) is 1.73. The van der Waals surface area contributed by atoms with Crippen LogP contribution in [-0.4, -0.2) is 47.1 Å². The first-order valence-corrected chi connectivity index (χ1v) is 5.91. The van der Waals surface area contributed by atoms with Crippen molar-refractivity contribution in [3.63, 3.8) is 0 Å². The van der Waals surface area contributed by atoms with E-state index in [4.69, 9.17) is 5.11 Å². The zero-order valence-corrected chi connectivity index (χ0v) is 9.32. The Balaban J connectivity index is 1.75. The maximum absolute atomic E-state index is 11.8.